The molecule has 0 aliphatic carbocycles. The first-order valence-corrected chi connectivity index (χ1v) is 7.11. The van der Waals surface area contributed by atoms with E-state index in [1.54, 1.807) is 17.4 Å². The molecule has 0 aliphatic rings. The van der Waals surface area contributed by atoms with Crippen molar-refractivity contribution in [1.82, 2.24) is 9.97 Å². The van der Waals surface area contributed by atoms with Crippen LogP contribution in [0.4, 0.5) is 10.1 Å². The zero-order valence-electron chi connectivity index (χ0n) is 11.6. The average molecular weight is 317 g/mol. The molecule has 0 radical (unpaired) electrons. The third-order valence-electron chi connectivity index (χ3n) is 2.46. The Morgan fingerprint density at radius 3 is 2.00 bits per heavy atom. The Balaban J connectivity index is 0.000000956. The highest BCUT2D eigenvalue weighted by Crippen LogP contribution is 2.23. The maximum absolute atomic E-state index is 12.8. The molecule has 3 nitrogen and oxygen atoms in total. The molecular formula is C14H17Cl2FN3+. The number of hydrogen-bond donors (Lipinski definition) is 1. The normalized spacial score (nSPS) is 9.90. The van der Waals surface area contributed by atoms with Gasteiger partial charge in [-0.3, -0.25) is 0 Å². The van der Waals surface area contributed by atoms with Crippen LogP contribution in [0.2, 0.25) is 10.3 Å². The first-order valence-electron chi connectivity index (χ1n) is 6.36. The molecule has 1 heterocycles. The lowest BCUT2D eigenvalue weighted by Crippen LogP contribution is -2.73. The fourth-order valence-corrected chi connectivity index (χ4v) is 2.20. The number of quaternary nitrogens is 1. The van der Waals surface area contributed by atoms with Gasteiger partial charge < -0.3 is 5.32 Å². The van der Waals surface area contributed by atoms with E-state index in [0.717, 1.165) is 5.56 Å². The van der Waals surface area contributed by atoms with Gasteiger partial charge in [0.25, 0.3) is 0 Å². The minimum Gasteiger partial charge on any atom is -0.311 e. The van der Waals surface area contributed by atoms with E-state index in [0.29, 0.717) is 28.2 Å². The Bertz CT molecular complexity index is 536. The zero-order chi connectivity index (χ0) is 15.1. The number of rotatable bonds is 3. The molecule has 0 spiro atoms. The Morgan fingerprint density at radius 2 is 1.55 bits per heavy atom. The monoisotopic (exact) mass is 316 g/mol. The van der Waals surface area contributed by atoms with Crippen LogP contribution in [-0.4, -0.2) is 17.0 Å². The Hall–Kier alpha value is -1.23. The topological polar surface area (TPSA) is 42.4 Å². The van der Waals surface area contributed by atoms with Gasteiger partial charge in [-0.2, -0.15) is 0 Å². The molecule has 0 bridgehead atoms. The van der Waals surface area contributed by atoms with Gasteiger partial charge in [-0.05, 0) is 17.7 Å². The molecule has 2 N–H and O–H groups in total. The third-order valence-corrected chi connectivity index (χ3v) is 3.04. The summed E-state index contributed by atoms with van der Waals surface area (Å²) in [5.74, 6) is 0.244. The molecule has 1 aromatic carbocycles. The van der Waals surface area contributed by atoms with Gasteiger partial charge in [0.05, 0.1) is 7.05 Å². The molecular weight excluding hydrogens is 300 g/mol. The van der Waals surface area contributed by atoms with E-state index in [1.807, 2.05) is 20.9 Å². The van der Waals surface area contributed by atoms with Crippen LogP contribution in [-0.2, 0) is 6.42 Å². The number of aromatic nitrogens is 2. The maximum Gasteiger partial charge on any atom is 0.204 e. The quantitative estimate of drug-likeness (QED) is 0.882. The summed E-state index contributed by atoms with van der Waals surface area (Å²) in [6.07, 6.45) is 0.462. The predicted octanol–water partition coefficient (Wildman–Crippen LogP) is 3.36. The average Bonchev–Trinajstić information content (AvgIpc) is 2.43. The zero-order valence-corrected chi connectivity index (χ0v) is 13.1. The minimum absolute atomic E-state index is 0.272. The van der Waals surface area contributed by atoms with Crippen LogP contribution in [0.25, 0.3) is 0 Å². The molecule has 20 heavy (non-hydrogen) atoms. The number of hydrogen-bond acceptors (Lipinski definition) is 2. The van der Waals surface area contributed by atoms with E-state index in [9.17, 15) is 4.39 Å². The van der Waals surface area contributed by atoms with Crippen molar-refractivity contribution in [1.29, 1.82) is 0 Å². The molecule has 0 aliphatic heterocycles. The number of benzene rings is 1. The van der Waals surface area contributed by atoms with Crippen molar-refractivity contribution >= 4 is 28.9 Å². The Kier molecular flexibility index (Phi) is 6.85. The van der Waals surface area contributed by atoms with Gasteiger partial charge >= 0.3 is 0 Å². The van der Waals surface area contributed by atoms with Crippen LogP contribution in [0, 0.1) is 5.82 Å². The van der Waals surface area contributed by atoms with E-state index in [1.165, 1.54) is 12.1 Å². The lowest BCUT2D eigenvalue weighted by Gasteiger charge is -2.04. The molecule has 0 fully saturated rings. The molecule has 2 aromatic rings. The first kappa shape index (κ1) is 16.8. The van der Waals surface area contributed by atoms with Gasteiger partial charge in [-0.15, -0.1) is 0 Å². The van der Waals surface area contributed by atoms with E-state index in [2.05, 4.69) is 9.97 Å². The SMILES string of the molecule is CC.C[NH2+]c1c(Cl)nc(Cc2ccc(F)cc2)nc1Cl. The summed E-state index contributed by atoms with van der Waals surface area (Å²) in [5, 5.41) is 2.41. The highest BCUT2D eigenvalue weighted by molar-refractivity contribution is 6.36. The van der Waals surface area contributed by atoms with Crippen LogP contribution in [0.5, 0.6) is 0 Å². The van der Waals surface area contributed by atoms with Crippen molar-refractivity contribution in [2.24, 2.45) is 0 Å². The summed E-state index contributed by atoms with van der Waals surface area (Å²) in [7, 11) is 1.82. The van der Waals surface area contributed by atoms with Crippen LogP contribution in [0.15, 0.2) is 24.3 Å². The summed E-state index contributed by atoms with van der Waals surface area (Å²) in [6.45, 7) is 4.00. The molecule has 0 saturated heterocycles. The maximum atomic E-state index is 12.8. The largest absolute Gasteiger partial charge is 0.311 e. The molecule has 0 unspecified atom stereocenters. The highest BCUT2D eigenvalue weighted by Gasteiger charge is 2.13. The van der Waals surface area contributed by atoms with Gasteiger partial charge in [0.15, 0.2) is 10.3 Å². The van der Waals surface area contributed by atoms with Crippen LogP contribution < -0.4 is 5.32 Å². The van der Waals surface area contributed by atoms with Crippen molar-refractivity contribution < 1.29 is 9.71 Å². The van der Waals surface area contributed by atoms with E-state index in [4.69, 9.17) is 23.2 Å². The van der Waals surface area contributed by atoms with Crippen LogP contribution in [0.1, 0.15) is 25.2 Å². The molecule has 0 amide bonds. The molecule has 108 valence electrons. The number of halogens is 3. The summed E-state index contributed by atoms with van der Waals surface area (Å²) < 4.78 is 12.8. The van der Waals surface area contributed by atoms with Crippen LogP contribution >= 0.6 is 23.2 Å². The van der Waals surface area contributed by atoms with E-state index >= 15 is 0 Å². The molecule has 0 saturated carbocycles. The fourth-order valence-electron chi connectivity index (χ4n) is 1.56. The van der Waals surface area contributed by atoms with Gasteiger partial charge in [-0.25, -0.2) is 14.4 Å². The van der Waals surface area contributed by atoms with Gasteiger partial charge in [0, 0.05) is 6.42 Å². The second-order valence-corrected chi connectivity index (χ2v) is 4.44. The van der Waals surface area contributed by atoms with Crippen LogP contribution in [0.3, 0.4) is 0 Å². The van der Waals surface area contributed by atoms with E-state index in [-0.39, 0.29) is 5.82 Å². The minimum atomic E-state index is -0.272. The van der Waals surface area contributed by atoms with Crippen molar-refractivity contribution in [3.05, 3.63) is 51.8 Å². The molecule has 6 heteroatoms. The fraction of sp³-hybridized carbons (Fsp3) is 0.286. The lowest BCUT2D eigenvalue weighted by atomic mass is 10.1. The van der Waals surface area contributed by atoms with Gasteiger partial charge in [-0.1, -0.05) is 49.2 Å². The lowest BCUT2D eigenvalue weighted by molar-refractivity contribution is -0.539. The van der Waals surface area contributed by atoms with Gasteiger partial charge in [0.1, 0.15) is 11.6 Å². The highest BCUT2D eigenvalue weighted by atomic mass is 35.5. The van der Waals surface area contributed by atoms with Gasteiger partial charge in [0.2, 0.25) is 5.69 Å². The summed E-state index contributed by atoms with van der Waals surface area (Å²) in [5.41, 5.74) is 1.53. The molecule has 0 atom stereocenters. The summed E-state index contributed by atoms with van der Waals surface area (Å²) in [4.78, 5) is 8.33. The second-order valence-electron chi connectivity index (χ2n) is 3.73. The summed E-state index contributed by atoms with van der Waals surface area (Å²) >= 11 is 12.0. The van der Waals surface area contributed by atoms with Crippen molar-refractivity contribution in [2.75, 3.05) is 7.05 Å². The molecule has 1 aromatic heterocycles. The number of nitrogens with two attached hydrogens (primary N) is 1. The predicted molar refractivity (Wildman–Crippen MR) is 80.1 cm³/mol. The van der Waals surface area contributed by atoms with E-state index < -0.39 is 0 Å². The smallest absolute Gasteiger partial charge is 0.204 e. The Morgan fingerprint density at radius 1 is 1.05 bits per heavy atom. The molecule has 2 rings (SSSR count). The number of nitrogens with zero attached hydrogens (tertiary/aromatic N) is 2. The second kappa shape index (κ2) is 8.15. The van der Waals surface area contributed by atoms with Crippen molar-refractivity contribution in [2.45, 2.75) is 20.3 Å². The Labute approximate surface area is 128 Å². The standard InChI is InChI=1S/C12H10Cl2FN3.C2H6/c1-16-10-11(13)17-9(18-12(10)14)6-7-2-4-8(15)5-3-7;1-2/h2-5,16H,6H2,1H3;1-2H3/p+1. The van der Waals surface area contributed by atoms with Crippen molar-refractivity contribution in [3.63, 3.8) is 0 Å². The summed E-state index contributed by atoms with van der Waals surface area (Å²) in [6, 6.07) is 6.15. The third kappa shape index (κ3) is 4.40. The van der Waals surface area contributed by atoms with Crippen molar-refractivity contribution in [3.8, 4) is 0 Å². The first-order chi connectivity index (χ1) is 9.60.